The van der Waals surface area contributed by atoms with E-state index in [9.17, 15) is 8.42 Å². The minimum absolute atomic E-state index is 0.107. The minimum Gasteiger partial charge on any atom is -0.360 e. The van der Waals surface area contributed by atoms with E-state index in [1.54, 1.807) is 20.0 Å². The van der Waals surface area contributed by atoms with Gasteiger partial charge in [-0.15, -0.1) is 11.3 Å². The molecule has 0 bridgehead atoms. The number of aryl methyl sites for hydroxylation is 2. The lowest BCUT2D eigenvalue weighted by Gasteiger charge is -2.04. The molecule has 3 aromatic rings. The Morgan fingerprint density at radius 3 is 2.75 bits per heavy atom. The maximum Gasteiger partial charge on any atom is 0.245 e. The van der Waals surface area contributed by atoms with Crippen molar-refractivity contribution >= 4 is 21.4 Å². The normalized spacial score (nSPS) is 11.8. The molecule has 1 N–H and O–H groups in total. The minimum atomic E-state index is -3.64. The van der Waals surface area contributed by atoms with E-state index < -0.39 is 10.0 Å². The van der Waals surface area contributed by atoms with Crippen LogP contribution in [0, 0.1) is 13.8 Å². The van der Waals surface area contributed by atoms with Crippen LogP contribution in [0.4, 0.5) is 0 Å². The number of sulfonamides is 1. The Labute approximate surface area is 143 Å². The van der Waals surface area contributed by atoms with E-state index >= 15 is 0 Å². The van der Waals surface area contributed by atoms with Crippen LogP contribution in [-0.2, 0) is 16.4 Å². The second-order valence-electron chi connectivity index (χ2n) is 5.14. The zero-order valence-corrected chi connectivity index (χ0v) is 14.8. The highest BCUT2D eigenvalue weighted by Gasteiger charge is 2.23. The van der Waals surface area contributed by atoms with Gasteiger partial charge < -0.3 is 4.52 Å². The van der Waals surface area contributed by atoms with Gasteiger partial charge in [-0.05, 0) is 26.0 Å². The summed E-state index contributed by atoms with van der Waals surface area (Å²) in [7, 11) is -3.64. The summed E-state index contributed by atoms with van der Waals surface area (Å²) < 4.78 is 32.1. The molecule has 0 spiro atoms. The van der Waals surface area contributed by atoms with E-state index in [0.717, 1.165) is 16.4 Å². The molecule has 0 radical (unpaired) electrons. The number of nitrogens with zero attached hydrogens (tertiary/aromatic N) is 3. The molecule has 3 heterocycles. The zero-order chi connectivity index (χ0) is 17.2. The predicted molar refractivity (Wildman–Crippen MR) is 90.2 cm³/mol. The summed E-state index contributed by atoms with van der Waals surface area (Å²) in [6.45, 7) is 3.43. The number of hydrogen-bond donors (Lipinski definition) is 1. The van der Waals surface area contributed by atoms with Crippen LogP contribution in [0.25, 0.3) is 11.4 Å². The van der Waals surface area contributed by atoms with Crippen molar-refractivity contribution in [3.8, 4) is 11.4 Å². The van der Waals surface area contributed by atoms with Crippen LogP contribution < -0.4 is 4.72 Å². The number of hydrogen-bond acceptors (Lipinski definition) is 7. The third kappa shape index (κ3) is 3.53. The number of rotatable bonds is 6. The van der Waals surface area contributed by atoms with Gasteiger partial charge in [0.25, 0.3) is 0 Å². The molecule has 0 saturated carbocycles. The van der Waals surface area contributed by atoms with Crippen LogP contribution in [-0.4, -0.2) is 30.1 Å². The van der Waals surface area contributed by atoms with Crippen molar-refractivity contribution in [1.82, 2.24) is 19.8 Å². The summed E-state index contributed by atoms with van der Waals surface area (Å²) in [5, 5.41) is 6.44. The van der Waals surface area contributed by atoms with Gasteiger partial charge >= 0.3 is 0 Å². The molecule has 0 aliphatic rings. The zero-order valence-electron chi connectivity index (χ0n) is 13.2. The van der Waals surface area contributed by atoms with Gasteiger partial charge in [-0.1, -0.05) is 11.2 Å². The summed E-state index contributed by atoms with van der Waals surface area (Å²) in [6, 6.07) is 5.64. The SMILES string of the molecule is Cc1noc(C)c1S(=O)(=O)NCCc1nc(-c2ccccn2)cs1. The third-order valence-corrected chi connectivity index (χ3v) is 5.96. The van der Waals surface area contributed by atoms with Gasteiger partial charge in [-0.25, -0.2) is 18.1 Å². The highest BCUT2D eigenvalue weighted by molar-refractivity contribution is 7.89. The molecule has 0 unspecified atom stereocenters. The van der Waals surface area contributed by atoms with Crippen LogP contribution in [0.1, 0.15) is 16.5 Å². The molecule has 3 rings (SSSR count). The average Bonchev–Trinajstić information content (AvgIpc) is 3.15. The monoisotopic (exact) mass is 364 g/mol. The van der Waals surface area contributed by atoms with Crippen molar-refractivity contribution in [3.05, 3.63) is 46.2 Å². The Balaban J connectivity index is 1.64. The van der Waals surface area contributed by atoms with Crippen molar-refractivity contribution < 1.29 is 12.9 Å². The Morgan fingerprint density at radius 1 is 1.25 bits per heavy atom. The quantitative estimate of drug-likeness (QED) is 0.721. The van der Waals surface area contributed by atoms with Gasteiger partial charge in [0.1, 0.15) is 10.6 Å². The second kappa shape index (κ2) is 6.80. The Bertz CT molecular complexity index is 913. The summed E-state index contributed by atoms with van der Waals surface area (Å²) >= 11 is 1.48. The fourth-order valence-corrected chi connectivity index (χ4v) is 4.43. The number of nitrogens with one attached hydrogen (secondary N) is 1. The topological polar surface area (TPSA) is 98.0 Å². The Hall–Kier alpha value is -2.10. The highest BCUT2D eigenvalue weighted by Crippen LogP contribution is 2.21. The van der Waals surface area contributed by atoms with E-state index in [1.165, 1.54) is 11.3 Å². The summed E-state index contributed by atoms with van der Waals surface area (Å²) in [6.07, 6.45) is 2.21. The van der Waals surface area contributed by atoms with Crippen molar-refractivity contribution in [2.24, 2.45) is 0 Å². The predicted octanol–water partition coefficient (Wildman–Crippen LogP) is 2.33. The van der Waals surface area contributed by atoms with Gasteiger partial charge in [-0.2, -0.15) is 0 Å². The van der Waals surface area contributed by atoms with E-state index in [2.05, 4.69) is 19.8 Å². The maximum absolute atomic E-state index is 12.3. The first kappa shape index (κ1) is 16.7. The van der Waals surface area contributed by atoms with E-state index in [4.69, 9.17) is 4.52 Å². The molecular formula is C15H16N4O3S2. The van der Waals surface area contributed by atoms with Crippen molar-refractivity contribution in [1.29, 1.82) is 0 Å². The largest absolute Gasteiger partial charge is 0.360 e. The van der Waals surface area contributed by atoms with Gasteiger partial charge in [0.15, 0.2) is 5.76 Å². The molecule has 0 aliphatic carbocycles. The van der Waals surface area contributed by atoms with Gasteiger partial charge in [0.05, 0.1) is 16.4 Å². The molecule has 0 amide bonds. The summed E-state index contributed by atoms with van der Waals surface area (Å²) in [5.74, 6) is 0.284. The molecule has 0 saturated heterocycles. The average molecular weight is 364 g/mol. The Morgan fingerprint density at radius 2 is 2.08 bits per heavy atom. The smallest absolute Gasteiger partial charge is 0.245 e. The van der Waals surface area contributed by atoms with E-state index in [1.807, 2.05) is 23.6 Å². The van der Waals surface area contributed by atoms with Crippen LogP contribution >= 0.6 is 11.3 Å². The van der Waals surface area contributed by atoms with E-state index in [-0.39, 0.29) is 17.2 Å². The number of thiazole rings is 1. The lowest BCUT2D eigenvalue weighted by atomic mass is 10.3. The first-order valence-electron chi connectivity index (χ1n) is 7.26. The molecule has 126 valence electrons. The molecular weight excluding hydrogens is 348 g/mol. The lowest BCUT2D eigenvalue weighted by molar-refractivity contribution is 0.390. The third-order valence-electron chi connectivity index (χ3n) is 3.35. The lowest BCUT2D eigenvalue weighted by Crippen LogP contribution is -2.26. The summed E-state index contributed by atoms with van der Waals surface area (Å²) in [4.78, 5) is 8.85. The fraction of sp³-hybridized carbons (Fsp3) is 0.267. The molecule has 3 aromatic heterocycles. The van der Waals surface area contributed by atoms with Crippen LogP contribution in [0.15, 0.2) is 39.2 Å². The summed E-state index contributed by atoms with van der Waals surface area (Å²) in [5.41, 5.74) is 1.95. The van der Waals surface area contributed by atoms with Crippen molar-refractivity contribution in [2.45, 2.75) is 25.2 Å². The molecule has 0 aromatic carbocycles. The Kier molecular flexibility index (Phi) is 4.74. The van der Waals surface area contributed by atoms with Gasteiger partial charge in [0, 0.05) is 24.5 Å². The maximum atomic E-state index is 12.3. The van der Waals surface area contributed by atoms with Gasteiger partial charge in [-0.3, -0.25) is 4.98 Å². The fourth-order valence-electron chi connectivity index (χ4n) is 2.28. The number of pyridine rings is 1. The van der Waals surface area contributed by atoms with Crippen molar-refractivity contribution in [3.63, 3.8) is 0 Å². The molecule has 0 fully saturated rings. The molecule has 9 heteroatoms. The van der Waals surface area contributed by atoms with Crippen LogP contribution in [0.3, 0.4) is 0 Å². The van der Waals surface area contributed by atoms with Crippen LogP contribution in [0.5, 0.6) is 0 Å². The standard InChI is InChI=1S/C15H16N4O3S2/c1-10-15(11(2)22-19-10)24(20,21)17-8-6-14-18-13(9-23-14)12-5-3-4-7-16-12/h3-5,7,9,17H,6,8H2,1-2H3. The second-order valence-corrected chi connectivity index (χ2v) is 7.79. The number of aromatic nitrogens is 3. The molecule has 0 aliphatic heterocycles. The van der Waals surface area contributed by atoms with Crippen LogP contribution in [0.2, 0.25) is 0 Å². The van der Waals surface area contributed by atoms with E-state index in [0.29, 0.717) is 12.1 Å². The first-order valence-corrected chi connectivity index (χ1v) is 9.62. The molecule has 0 atom stereocenters. The molecule has 24 heavy (non-hydrogen) atoms. The molecule has 7 nitrogen and oxygen atoms in total. The van der Waals surface area contributed by atoms with Crippen molar-refractivity contribution in [2.75, 3.05) is 6.54 Å². The highest BCUT2D eigenvalue weighted by atomic mass is 32.2. The first-order chi connectivity index (χ1) is 11.5. The van der Waals surface area contributed by atoms with Gasteiger partial charge in [0.2, 0.25) is 10.0 Å².